The summed E-state index contributed by atoms with van der Waals surface area (Å²) in [5.41, 5.74) is -0.490. The molecule has 0 spiro atoms. The summed E-state index contributed by atoms with van der Waals surface area (Å²) < 4.78 is 65.9. The van der Waals surface area contributed by atoms with Gasteiger partial charge >= 0.3 is 6.18 Å². The molecular formula is C19H21F3N4O4S. The van der Waals surface area contributed by atoms with Gasteiger partial charge in [0.2, 0.25) is 21.8 Å². The van der Waals surface area contributed by atoms with Crippen LogP contribution >= 0.6 is 0 Å². The summed E-state index contributed by atoms with van der Waals surface area (Å²) in [6, 6.07) is 5.77. The van der Waals surface area contributed by atoms with Crippen molar-refractivity contribution in [2.45, 2.75) is 37.0 Å². The number of rotatable bonds is 9. The number of halogens is 3. The predicted octanol–water partition coefficient (Wildman–Crippen LogP) is 1.59. The number of hydrogen-bond acceptors (Lipinski definition) is 5. The number of amides is 2. The molecule has 1 aromatic heterocycles. The molecule has 1 heterocycles. The molecule has 2 rings (SSSR count). The van der Waals surface area contributed by atoms with E-state index in [4.69, 9.17) is 0 Å². The molecule has 168 valence electrons. The first-order chi connectivity index (χ1) is 14.5. The van der Waals surface area contributed by atoms with Crippen molar-refractivity contribution in [3.63, 3.8) is 0 Å². The third kappa shape index (κ3) is 7.33. The van der Waals surface area contributed by atoms with Crippen molar-refractivity contribution in [2.75, 3.05) is 6.54 Å². The van der Waals surface area contributed by atoms with E-state index >= 15 is 0 Å². The Morgan fingerprint density at radius 1 is 1.06 bits per heavy atom. The summed E-state index contributed by atoms with van der Waals surface area (Å²) in [6.45, 7) is 1.39. The molecule has 1 aromatic carbocycles. The fourth-order valence-corrected chi connectivity index (χ4v) is 3.96. The maximum atomic E-state index is 13.1. The Morgan fingerprint density at radius 2 is 1.71 bits per heavy atom. The van der Waals surface area contributed by atoms with Gasteiger partial charge < -0.3 is 10.6 Å². The quantitative estimate of drug-likeness (QED) is 0.528. The maximum absolute atomic E-state index is 13.1. The van der Waals surface area contributed by atoms with Gasteiger partial charge in [-0.15, -0.1) is 0 Å². The van der Waals surface area contributed by atoms with Crippen LogP contribution in [0.25, 0.3) is 0 Å². The summed E-state index contributed by atoms with van der Waals surface area (Å²) >= 11 is 0. The highest BCUT2D eigenvalue weighted by molar-refractivity contribution is 7.89. The number of benzene rings is 1. The Kier molecular flexibility index (Phi) is 8.11. The lowest BCUT2D eigenvalue weighted by Gasteiger charge is -2.17. The molecule has 0 radical (unpaired) electrons. The zero-order valence-electron chi connectivity index (χ0n) is 16.4. The third-order valence-electron chi connectivity index (χ3n) is 4.10. The van der Waals surface area contributed by atoms with Crippen molar-refractivity contribution in [3.05, 3.63) is 59.9 Å². The lowest BCUT2D eigenvalue weighted by molar-refractivity contribution is -0.139. The number of hydrogen-bond donors (Lipinski definition) is 3. The summed E-state index contributed by atoms with van der Waals surface area (Å²) in [4.78, 5) is 26.8. The van der Waals surface area contributed by atoms with Crippen LogP contribution in [0.1, 0.15) is 24.5 Å². The van der Waals surface area contributed by atoms with E-state index in [1.54, 1.807) is 24.5 Å². The number of alkyl halides is 3. The predicted molar refractivity (Wildman–Crippen MR) is 105 cm³/mol. The van der Waals surface area contributed by atoms with E-state index in [1.807, 2.05) is 4.72 Å². The Labute approximate surface area is 177 Å². The molecule has 0 aliphatic rings. The lowest BCUT2D eigenvalue weighted by atomic mass is 10.2. The first-order valence-corrected chi connectivity index (χ1v) is 10.6. The molecular weight excluding hydrogens is 437 g/mol. The van der Waals surface area contributed by atoms with Crippen molar-refractivity contribution in [1.29, 1.82) is 0 Å². The maximum Gasteiger partial charge on any atom is 0.417 e. The highest BCUT2D eigenvalue weighted by atomic mass is 32.2. The highest BCUT2D eigenvalue weighted by Gasteiger charge is 2.37. The standard InChI is InChI=1S/C19H21F3N4O4S/c1-13(26-31(29,30)16-5-3-2-4-15(16)19(20,21)22)18(28)24-11-8-17(27)25-12-14-6-9-23-10-7-14/h2-7,9-10,13,26H,8,11-12H2,1H3,(H,24,28)(H,25,27)/t13-/m0/s1. The normalized spacial score (nSPS) is 12.8. The number of aromatic nitrogens is 1. The molecule has 0 unspecified atom stereocenters. The molecule has 31 heavy (non-hydrogen) atoms. The first-order valence-electron chi connectivity index (χ1n) is 9.12. The molecule has 0 saturated heterocycles. The molecule has 0 aliphatic carbocycles. The molecule has 0 aliphatic heterocycles. The second-order valence-electron chi connectivity index (χ2n) is 6.51. The van der Waals surface area contributed by atoms with Gasteiger partial charge in [-0.2, -0.15) is 17.9 Å². The summed E-state index contributed by atoms with van der Waals surface area (Å²) in [6.07, 6.45) is -1.78. The van der Waals surface area contributed by atoms with Crippen LogP contribution < -0.4 is 15.4 Å². The van der Waals surface area contributed by atoms with Crippen molar-refractivity contribution in [3.8, 4) is 0 Å². The van der Waals surface area contributed by atoms with Gasteiger partial charge in [0.25, 0.3) is 0 Å². The van der Waals surface area contributed by atoms with Crippen LogP contribution in [-0.4, -0.2) is 37.8 Å². The van der Waals surface area contributed by atoms with Crippen LogP contribution in [-0.2, 0) is 32.3 Å². The van der Waals surface area contributed by atoms with Crippen LogP contribution in [0.15, 0.2) is 53.7 Å². The zero-order valence-corrected chi connectivity index (χ0v) is 17.3. The molecule has 8 nitrogen and oxygen atoms in total. The van der Waals surface area contributed by atoms with Crippen molar-refractivity contribution in [1.82, 2.24) is 20.3 Å². The molecule has 12 heteroatoms. The van der Waals surface area contributed by atoms with Gasteiger partial charge in [0.1, 0.15) is 0 Å². The van der Waals surface area contributed by atoms with Crippen LogP contribution in [0.3, 0.4) is 0 Å². The average Bonchev–Trinajstić information content (AvgIpc) is 2.72. The van der Waals surface area contributed by atoms with Crippen LogP contribution in [0.5, 0.6) is 0 Å². The second kappa shape index (κ2) is 10.4. The number of nitrogens with zero attached hydrogens (tertiary/aromatic N) is 1. The van der Waals surface area contributed by atoms with Crippen molar-refractivity contribution < 1.29 is 31.2 Å². The zero-order chi connectivity index (χ0) is 23.1. The van der Waals surface area contributed by atoms with Gasteiger partial charge in [0.05, 0.1) is 16.5 Å². The van der Waals surface area contributed by atoms with Gasteiger partial charge in [0.15, 0.2) is 0 Å². The van der Waals surface area contributed by atoms with E-state index < -0.39 is 38.6 Å². The molecule has 0 saturated carbocycles. The second-order valence-corrected chi connectivity index (χ2v) is 8.19. The average molecular weight is 458 g/mol. The van der Waals surface area contributed by atoms with E-state index in [0.29, 0.717) is 6.07 Å². The van der Waals surface area contributed by atoms with Crippen LogP contribution in [0.4, 0.5) is 13.2 Å². The van der Waals surface area contributed by atoms with E-state index in [9.17, 15) is 31.2 Å². The Balaban J connectivity index is 1.86. The van der Waals surface area contributed by atoms with E-state index in [0.717, 1.165) is 23.8 Å². The monoisotopic (exact) mass is 458 g/mol. The number of carbonyl (C=O) groups is 2. The SMILES string of the molecule is C[C@H](NS(=O)(=O)c1ccccc1C(F)(F)F)C(=O)NCCC(=O)NCc1ccncc1. The lowest BCUT2D eigenvalue weighted by Crippen LogP contribution is -2.45. The Morgan fingerprint density at radius 3 is 2.35 bits per heavy atom. The third-order valence-corrected chi connectivity index (χ3v) is 5.70. The van der Waals surface area contributed by atoms with Crippen LogP contribution in [0.2, 0.25) is 0 Å². The first kappa shape index (κ1) is 24.3. The van der Waals surface area contributed by atoms with E-state index in [2.05, 4.69) is 15.6 Å². The molecule has 1 atom stereocenters. The van der Waals surface area contributed by atoms with Gasteiger partial charge in [-0.1, -0.05) is 12.1 Å². The van der Waals surface area contributed by atoms with Gasteiger partial charge in [0, 0.05) is 31.9 Å². The summed E-state index contributed by atoms with van der Waals surface area (Å²) in [7, 11) is -4.61. The van der Waals surface area contributed by atoms with E-state index in [1.165, 1.54) is 6.92 Å². The Hall–Kier alpha value is -2.99. The van der Waals surface area contributed by atoms with Gasteiger partial charge in [-0.25, -0.2) is 8.42 Å². The number of pyridine rings is 1. The number of sulfonamides is 1. The minimum atomic E-state index is -4.87. The number of nitrogens with one attached hydrogen (secondary N) is 3. The largest absolute Gasteiger partial charge is 0.417 e. The number of carbonyl (C=O) groups excluding carboxylic acids is 2. The molecule has 2 aromatic rings. The topological polar surface area (TPSA) is 117 Å². The van der Waals surface area contributed by atoms with Crippen molar-refractivity contribution in [2.24, 2.45) is 0 Å². The minimum Gasteiger partial charge on any atom is -0.354 e. The van der Waals surface area contributed by atoms with E-state index in [-0.39, 0.29) is 25.4 Å². The minimum absolute atomic E-state index is 0.0623. The van der Waals surface area contributed by atoms with Crippen LogP contribution in [0, 0.1) is 0 Å². The Bertz CT molecular complexity index is 1010. The fraction of sp³-hybridized carbons (Fsp3) is 0.316. The van der Waals surface area contributed by atoms with Gasteiger partial charge in [-0.3, -0.25) is 14.6 Å². The molecule has 0 fully saturated rings. The molecule has 3 N–H and O–H groups in total. The van der Waals surface area contributed by atoms with Crippen molar-refractivity contribution >= 4 is 21.8 Å². The fourth-order valence-electron chi connectivity index (χ4n) is 2.53. The molecule has 2 amide bonds. The summed E-state index contributed by atoms with van der Waals surface area (Å²) in [5.74, 6) is -1.13. The smallest absolute Gasteiger partial charge is 0.354 e. The summed E-state index contributed by atoms with van der Waals surface area (Å²) in [5, 5.41) is 5.02. The molecule has 0 bridgehead atoms. The van der Waals surface area contributed by atoms with Gasteiger partial charge in [-0.05, 0) is 36.8 Å². The highest BCUT2D eigenvalue weighted by Crippen LogP contribution is 2.33.